The number of nitrogens with one attached hydrogen (secondary N) is 1. The molecule has 3 rings (SSSR count). The first-order valence-electron chi connectivity index (χ1n) is 6.34. The summed E-state index contributed by atoms with van der Waals surface area (Å²) in [6, 6.07) is 10.6. The zero-order chi connectivity index (χ0) is 14.7. The Bertz CT molecular complexity index is 768. The second-order valence-electron chi connectivity index (χ2n) is 4.41. The van der Waals surface area contributed by atoms with E-state index in [0.29, 0.717) is 23.0 Å². The molecule has 0 fully saturated rings. The molecule has 1 N–H and O–H groups in total. The van der Waals surface area contributed by atoms with Crippen LogP contribution in [0, 0.1) is 6.92 Å². The molecule has 0 saturated heterocycles. The fourth-order valence-corrected chi connectivity index (χ4v) is 1.86. The predicted molar refractivity (Wildman–Crippen MR) is 76.7 cm³/mol. The Morgan fingerprint density at radius 1 is 1.19 bits per heavy atom. The van der Waals surface area contributed by atoms with E-state index in [1.807, 2.05) is 12.1 Å². The molecule has 104 valence electrons. The van der Waals surface area contributed by atoms with Crippen LogP contribution in [0.5, 0.6) is 0 Å². The largest absolute Gasteiger partial charge is 0.339 e. The highest BCUT2D eigenvalue weighted by molar-refractivity contribution is 6.04. The minimum Gasteiger partial charge on any atom is -0.339 e. The van der Waals surface area contributed by atoms with Gasteiger partial charge in [-0.15, -0.1) is 0 Å². The van der Waals surface area contributed by atoms with E-state index in [2.05, 4.69) is 20.4 Å². The number of hydrogen-bond acceptors (Lipinski definition) is 5. The summed E-state index contributed by atoms with van der Waals surface area (Å²) in [5.74, 6) is 0.794. The summed E-state index contributed by atoms with van der Waals surface area (Å²) in [6.07, 6.45) is 3.15. The molecule has 3 aromatic rings. The van der Waals surface area contributed by atoms with E-state index in [1.54, 1.807) is 43.6 Å². The number of pyridine rings is 1. The van der Waals surface area contributed by atoms with Gasteiger partial charge in [0.15, 0.2) is 0 Å². The number of anilines is 1. The number of aryl methyl sites for hydroxylation is 1. The zero-order valence-corrected chi connectivity index (χ0v) is 11.3. The molecule has 0 saturated carbocycles. The Labute approximate surface area is 120 Å². The molecule has 2 aromatic heterocycles. The number of carbonyl (C=O) groups excluding carboxylic acids is 1. The summed E-state index contributed by atoms with van der Waals surface area (Å²) in [7, 11) is 0. The summed E-state index contributed by atoms with van der Waals surface area (Å²) >= 11 is 0. The van der Waals surface area contributed by atoms with Crippen LogP contribution in [0.25, 0.3) is 11.4 Å². The number of hydrogen-bond donors (Lipinski definition) is 1. The first kappa shape index (κ1) is 13.0. The fourth-order valence-electron chi connectivity index (χ4n) is 1.86. The number of nitrogens with zero attached hydrogens (tertiary/aromatic N) is 3. The van der Waals surface area contributed by atoms with Gasteiger partial charge in [-0.3, -0.25) is 9.78 Å². The van der Waals surface area contributed by atoms with Gasteiger partial charge in [-0.25, -0.2) is 0 Å². The first-order chi connectivity index (χ1) is 10.2. The molecule has 1 amide bonds. The van der Waals surface area contributed by atoms with Crippen LogP contribution in [0.2, 0.25) is 0 Å². The standard InChI is InChI=1S/C15H12N4O2/c1-10-17-14(19-21-10)12-3-2-4-13(9-12)18-15(20)11-5-7-16-8-6-11/h2-9H,1H3,(H,18,20). The topological polar surface area (TPSA) is 80.9 Å². The Hall–Kier alpha value is -3.02. The normalized spacial score (nSPS) is 10.3. The summed E-state index contributed by atoms with van der Waals surface area (Å²) in [5, 5.41) is 6.68. The van der Waals surface area contributed by atoms with Crippen molar-refractivity contribution in [2.45, 2.75) is 6.92 Å². The molecule has 0 aliphatic rings. The fraction of sp³-hybridized carbons (Fsp3) is 0.0667. The number of benzene rings is 1. The van der Waals surface area contributed by atoms with Gasteiger partial charge in [0.1, 0.15) is 0 Å². The van der Waals surface area contributed by atoms with Crippen LogP contribution in [0.3, 0.4) is 0 Å². The van der Waals surface area contributed by atoms with Crippen molar-refractivity contribution in [2.75, 3.05) is 5.32 Å². The molecule has 0 aliphatic heterocycles. The molecule has 6 heteroatoms. The van der Waals surface area contributed by atoms with E-state index in [0.717, 1.165) is 5.56 Å². The third kappa shape index (κ3) is 2.94. The zero-order valence-electron chi connectivity index (χ0n) is 11.3. The average molecular weight is 280 g/mol. The third-order valence-corrected chi connectivity index (χ3v) is 2.85. The monoisotopic (exact) mass is 280 g/mol. The lowest BCUT2D eigenvalue weighted by molar-refractivity contribution is 0.102. The van der Waals surface area contributed by atoms with Gasteiger partial charge in [0.25, 0.3) is 5.91 Å². The van der Waals surface area contributed by atoms with E-state index in [4.69, 9.17) is 4.52 Å². The van der Waals surface area contributed by atoms with E-state index >= 15 is 0 Å². The predicted octanol–water partition coefficient (Wildman–Crippen LogP) is 2.69. The summed E-state index contributed by atoms with van der Waals surface area (Å²) < 4.78 is 4.95. The molecule has 6 nitrogen and oxygen atoms in total. The average Bonchev–Trinajstić information content (AvgIpc) is 2.95. The highest BCUT2D eigenvalue weighted by atomic mass is 16.5. The maximum Gasteiger partial charge on any atom is 0.255 e. The number of amides is 1. The van der Waals surface area contributed by atoms with Crippen LogP contribution in [-0.4, -0.2) is 21.0 Å². The molecule has 0 aliphatic carbocycles. The van der Waals surface area contributed by atoms with E-state index in [1.165, 1.54) is 0 Å². The highest BCUT2D eigenvalue weighted by Crippen LogP contribution is 2.20. The van der Waals surface area contributed by atoms with Gasteiger partial charge >= 0.3 is 0 Å². The molecule has 21 heavy (non-hydrogen) atoms. The van der Waals surface area contributed by atoms with Crippen LogP contribution in [0.4, 0.5) is 5.69 Å². The maximum atomic E-state index is 12.1. The van der Waals surface area contributed by atoms with E-state index in [9.17, 15) is 4.79 Å². The Kier molecular flexibility index (Phi) is 3.42. The van der Waals surface area contributed by atoms with Crippen molar-refractivity contribution in [3.8, 4) is 11.4 Å². The van der Waals surface area contributed by atoms with Gasteiger partial charge in [-0.1, -0.05) is 17.3 Å². The van der Waals surface area contributed by atoms with Gasteiger partial charge < -0.3 is 9.84 Å². The SMILES string of the molecule is Cc1nc(-c2cccc(NC(=O)c3ccncc3)c2)no1. The molecule has 0 atom stereocenters. The lowest BCUT2D eigenvalue weighted by atomic mass is 10.2. The van der Waals surface area contributed by atoms with Gasteiger partial charge in [0.2, 0.25) is 11.7 Å². The second-order valence-corrected chi connectivity index (χ2v) is 4.41. The van der Waals surface area contributed by atoms with Crippen molar-refractivity contribution < 1.29 is 9.32 Å². The lowest BCUT2D eigenvalue weighted by Crippen LogP contribution is -2.11. The van der Waals surface area contributed by atoms with E-state index < -0.39 is 0 Å². The first-order valence-corrected chi connectivity index (χ1v) is 6.34. The number of aromatic nitrogens is 3. The molecular weight excluding hydrogens is 268 g/mol. The van der Waals surface area contributed by atoms with Crippen molar-refractivity contribution in [3.63, 3.8) is 0 Å². The molecule has 0 radical (unpaired) electrons. The van der Waals surface area contributed by atoms with Gasteiger partial charge in [0, 0.05) is 36.1 Å². The molecule has 2 heterocycles. The van der Waals surface area contributed by atoms with Crippen molar-refractivity contribution >= 4 is 11.6 Å². The molecule has 0 spiro atoms. The quantitative estimate of drug-likeness (QED) is 0.797. The number of rotatable bonds is 3. The smallest absolute Gasteiger partial charge is 0.255 e. The van der Waals surface area contributed by atoms with Crippen LogP contribution in [-0.2, 0) is 0 Å². The Balaban J connectivity index is 1.82. The van der Waals surface area contributed by atoms with Gasteiger partial charge in [-0.2, -0.15) is 4.98 Å². The van der Waals surface area contributed by atoms with Crippen molar-refractivity contribution in [1.82, 2.24) is 15.1 Å². The van der Waals surface area contributed by atoms with Crippen molar-refractivity contribution in [3.05, 3.63) is 60.2 Å². The van der Waals surface area contributed by atoms with Crippen LogP contribution in [0.15, 0.2) is 53.3 Å². The van der Waals surface area contributed by atoms with E-state index in [-0.39, 0.29) is 5.91 Å². The molecule has 1 aromatic carbocycles. The maximum absolute atomic E-state index is 12.1. The lowest BCUT2D eigenvalue weighted by Gasteiger charge is -2.05. The Morgan fingerprint density at radius 3 is 2.71 bits per heavy atom. The number of carbonyl (C=O) groups is 1. The van der Waals surface area contributed by atoms with Gasteiger partial charge in [-0.05, 0) is 24.3 Å². The molecule has 0 unspecified atom stereocenters. The molecule has 0 bridgehead atoms. The molecular formula is C15H12N4O2. The van der Waals surface area contributed by atoms with Gasteiger partial charge in [0.05, 0.1) is 0 Å². The third-order valence-electron chi connectivity index (χ3n) is 2.85. The Morgan fingerprint density at radius 2 is 2.00 bits per heavy atom. The minimum atomic E-state index is -0.196. The highest BCUT2D eigenvalue weighted by Gasteiger charge is 2.09. The second kappa shape index (κ2) is 5.54. The summed E-state index contributed by atoms with van der Waals surface area (Å²) in [6.45, 7) is 1.73. The minimum absolute atomic E-state index is 0.196. The van der Waals surface area contributed by atoms with Crippen LogP contribution < -0.4 is 5.32 Å². The van der Waals surface area contributed by atoms with Crippen LogP contribution >= 0.6 is 0 Å². The van der Waals surface area contributed by atoms with Crippen molar-refractivity contribution in [1.29, 1.82) is 0 Å². The van der Waals surface area contributed by atoms with Crippen molar-refractivity contribution in [2.24, 2.45) is 0 Å². The summed E-state index contributed by atoms with van der Waals surface area (Å²) in [4.78, 5) is 20.1. The summed E-state index contributed by atoms with van der Waals surface area (Å²) in [5.41, 5.74) is 1.99. The van der Waals surface area contributed by atoms with Crippen LogP contribution in [0.1, 0.15) is 16.2 Å².